The summed E-state index contributed by atoms with van der Waals surface area (Å²) in [6, 6.07) is 12.8. The lowest BCUT2D eigenvalue weighted by Gasteiger charge is -2.34. The monoisotopic (exact) mass is 401 g/mol. The number of thioether (sulfide) groups is 1. The quantitative estimate of drug-likeness (QED) is 0.603. The highest BCUT2D eigenvalue weighted by molar-refractivity contribution is 7.99. The lowest BCUT2D eigenvalue weighted by Crippen LogP contribution is -2.48. The van der Waals surface area contributed by atoms with Crippen LogP contribution in [-0.2, 0) is 0 Å². The zero-order valence-electron chi connectivity index (χ0n) is 15.0. The van der Waals surface area contributed by atoms with Gasteiger partial charge in [0.15, 0.2) is 5.13 Å². The molecule has 1 fully saturated rings. The molecule has 1 aromatic heterocycles. The number of hydrogen-bond acceptors (Lipinski definition) is 5. The first-order chi connectivity index (χ1) is 13.2. The van der Waals surface area contributed by atoms with E-state index in [0.717, 1.165) is 26.0 Å². The molecule has 0 radical (unpaired) electrons. The highest BCUT2D eigenvalue weighted by Gasteiger charge is 2.25. The van der Waals surface area contributed by atoms with Crippen molar-refractivity contribution in [2.24, 2.45) is 0 Å². The van der Waals surface area contributed by atoms with Crippen molar-refractivity contribution in [3.8, 4) is 0 Å². The predicted molar refractivity (Wildman–Crippen MR) is 111 cm³/mol. The summed E-state index contributed by atoms with van der Waals surface area (Å²) in [5.41, 5.74) is 1.21. The van der Waals surface area contributed by atoms with Crippen LogP contribution in [0.15, 0.2) is 47.4 Å². The van der Waals surface area contributed by atoms with E-state index in [0.29, 0.717) is 31.7 Å². The van der Waals surface area contributed by atoms with Gasteiger partial charge in [-0.15, -0.1) is 11.8 Å². The van der Waals surface area contributed by atoms with E-state index >= 15 is 0 Å². The molecule has 7 heteroatoms. The summed E-state index contributed by atoms with van der Waals surface area (Å²) in [6.07, 6.45) is 0. The topological polar surface area (TPSA) is 36.4 Å². The Bertz CT molecular complexity index is 967. The molecule has 1 aliphatic rings. The highest BCUT2D eigenvalue weighted by atomic mass is 32.2. The van der Waals surface area contributed by atoms with E-state index in [1.165, 1.54) is 17.4 Å². The molecule has 1 saturated heterocycles. The number of thiazole rings is 1. The third kappa shape index (κ3) is 3.66. The molecule has 0 unspecified atom stereocenters. The number of carbonyl (C=O) groups excluding carboxylic acids is 1. The van der Waals surface area contributed by atoms with Gasteiger partial charge in [-0.25, -0.2) is 9.37 Å². The number of halogens is 1. The maximum absolute atomic E-state index is 13.9. The van der Waals surface area contributed by atoms with E-state index in [2.05, 4.69) is 16.8 Å². The molecule has 4 nitrogen and oxygen atoms in total. The Morgan fingerprint density at radius 3 is 2.67 bits per heavy atom. The number of rotatable bonds is 4. The van der Waals surface area contributed by atoms with Crippen LogP contribution in [0.2, 0.25) is 0 Å². The first-order valence-corrected chi connectivity index (χ1v) is 10.8. The van der Waals surface area contributed by atoms with E-state index in [4.69, 9.17) is 0 Å². The zero-order valence-corrected chi connectivity index (χ0v) is 16.7. The molecular weight excluding hydrogens is 381 g/mol. The second-order valence-electron chi connectivity index (χ2n) is 6.29. The molecule has 0 aliphatic carbocycles. The molecule has 4 rings (SSSR count). The molecule has 0 spiro atoms. The van der Waals surface area contributed by atoms with Gasteiger partial charge >= 0.3 is 0 Å². The minimum atomic E-state index is -0.283. The van der Waals surface area contributed by atoms with Gasteiger partial charge in [-0.2, -0.15) is 0 Å². The lowest BCUT2D eigenvalue weighted by atomic mass is 10.2. The number of carbonyl (C=O) groups is 1. The number of amides is 1. The fraction of sp³-hybridized carbons (Fsp3) is 0.300. The van der Waals surface area contributed by atoms with E-state index in [1.807, 2.05) is 35.2 Å². The normalized spacial score (nSPS) is 14.7. The van der Waals surface area contributed by atoms with Gasteiger partial charge in [-0.3, -0.25) is 4.79 Å². The number of benzene rings is 2. The Kier molecular flexibility index (Phi) is 5.31. The van der Waals surface area contributed by atoms with E-state index in [9.17, 15) is 9.18 Å². The van der Waals surface area contributed by atoms with Crippen LogP contribution in [0.1, 0.15) is 17.3 Å². The molecule has 2 aromatic carbocycles. The van der Waals surface area contributed by atoms with Crippen LogP contribution in [-0.4, -0.2) is 47.7 Å². The molecule has 0 atom stereocenters. The number of para-hydroxylation sites is 1. The number of hydrogen-bond donors (Lipinski definition) is 0. The predicted octanol–water partition coefficient (Wildman–Crippen LogP) is 4.51. The number of aromatic nitrogens is 1. The molecule has 1 aliphatic heterocycles. The van der Waals surface area contributed by atoms with Crippen molar-refractivity contribution in [3.05, 3.63) is 53.8 Å². The summed E-state index contributed by atoms with van der Waals surface area (Å²) in [7, 11) is 0. The number of nitrogens with zero attached hydrogens (tertiary/aromatic N) is 3. The smallest absolute Gasteiger partial charge is 0.255 e. The van der Waals surface area contributed by atoms with E-state index in [1.54, 1.807) is 17.8 Å². The minimum absolute atomic E-state index is 0.0848. The molecule has 3 aromatic rings. The van der Waals surface area contributed by atoms with Crippen molar-refractivity contribution in [1.82, 2.24) is 9.88 Å². The van der Waals surface area contributed by atoms with Crippen LogP contribution in [0, 0.1) is 5.82 Å². The standard InChI is InChI=1S/C20H20FN3OS2/c1-2-26-16-8-4-3-6-14(16)19(25)23-10-12-24(13-11-23)20-22-18-15(21)7-5-9-17(18)27-20/h3-9H,2,10-13H2,1H3. The third-order valence-electron chi connectivity index (χ3n) is 4.61. The SMILES string of the molecule is CCSc1ccccc1C(=O)N1CCN(c2nc3c(F)cccc3s2)CC1. The Morgan fingerprint density at radius 1 is 1.15 bits per heavy atom. The summed E-state index contributed by atoms with van der Waals surface area (Å²) in [6.45, 7) is 4.78. The largest absolute Gasteiger partial charge is 0.345 e. The molecular formula is C20H20FN3OS2. The van der Waals surface area contributed by atoms with Crippen LogP contribution in [0.5, 0.6) is 0 Å². The summed E-state index contributed by atoms with van der Waals surface area (Å²) in [5, 5.41) is 0.823. The average Bonchev–Trinajstić information content (AvgIpc) is 3.14. The molecule has 0 bridgehead atoms. The van der Waals surface area contributed by atoms with Gasteiger partial charge in [-0.1, -0.05) is 36.5 Å². The van der Waals surface area contributed by atoms with Crippen LogP contribution >= 0.6 is 23.1 Å². The summed E-state index contributed by atoms with van der Waals surface area (Å²) in [5.74, 6) is 0.738. The van der Waals surface area contributed by atoms with Gasteiger partial charge in [0.1, 0.15) is 11.3 Å². The zero-order chi connectivity index (χ0) is 18.8. The fourth-order valence-corrected chi connectivity index (χ4v) is 5.06. The van der Waals surface area contributed by atoms with Crippen molar-refractivity contribution >= 4 is 44.4 Å². The molecule has 0 saturated carbocycles. The van der Waals surface area contributed by atoms with Gasteiger partial charge in [0.05, 0.1) is 10.3 Å². The minimum Gasteiger partial charge on any atom is -0.345 e. The van der Waals surface area contributed by atoms with Gasteiger partial charge in [-0.05, 0) is 30.0 Å². The molecule has 27 heavy (non-hydrogen) atoms. The maximum atomic E-state index is 13.9. The van der Waals surface area contributed by atoms with Crippen LogP contribution in [0.4, 0.5) is 9.52 Å². The second kappa shape index (κ2) is 7.86. The Labute approximate surface area is 166 Å². The van der Waals surface area contributed by atoms with Gasteiger partial charge in [0.25, 0.3) is 5.91 Å². The Balaban J connectivity index is 1.47. The van der Waals surface area contributed by atoms with Crippen molar-refractivity contribution < 1.29 is 9.18 Å². The average molecular weight is 402 g/mol. The molecule has 2 heterocycles. The first-order valence-electron chi connectivity index (χ1n) is 8.98. The van der Waals surface area contributed by atoms with Crippen molar-refractivity contribution in [1.29, 1.82) is 0 Å². The molecule has 1 amide bonds. The van der Waals surface area contributed by atoms with Crippen molar-refractivity contribution in [2.45, 2.75) is 11.8 Å². The van der Waals surface area contributed by atoms with Crippen LogP contribution < -0.4 is 4.90 Å². The third-order valence-corrected chi connectivity index (χ3v) is 6.65. The Hall–Kier alpha value is -2.12. The highest BCUT2D eigenvalue weighted by Crippen LogP contribution is 2.31. The van der Waals surface area contributed by atoms with Gasteiger partial charge in [0.2, 0.25) is 0 Å². The maximum Gasteiger partial charge on any atom is 0.255 e. The second-order valence-corrected chi connectivity index (χ2v) is 8.61. The van der Waals surface area contributed by atoms with E-state index < -0.39 is 0 Å². The number of fused-ring (bicyclic) bond motifs is 1. The first kappa shape index (κ1) is 18.3. The fourth-order valence-electron chi connectivity index (χ4n) is 3.23. The van der Waals surface area contributed by atoms with Crippen LogP contribution in [0.3, 0.4) is 0 Å². The van der Waals surface area contributed by atoms with Crippen LogP contribution in [0.25, 0.3) is 10.2 Å². The van der Waals surface area contributed by atoms with Gasteiger partial charge < -0.3 is 9.80 Å². The molecule has 140 valence electrons. The lowest BCUT2D eigenvalue weighted by molar-refractivity contribution is 0.0743. The molecule has 0 N–H and O–H groups in total. The number of anilines is 1. The number of piperazine rings is 1. The summed E-state index contributed by atoms with van der Waals surface area (Å²) < 4.78 is 14.7. The van der Waals surface area contributed by atoms with Gasteiger partial charge in [0, 0.05) is 31.1 Å². The summed E-state index contributed by atoms with van der Waals surface area (Å²) in [4.78, 5) is 22.5. The van der Waals surface area contributed by atoms with Crippen molar-refractivity contribution in [2.75, 3.05) is 36.8 Å². The van der Waals surface area contributed by atoms with E-state index in [-0.39, 0.29) is 11.7 Å². The van der Waals surface area contributed by atoms with Crippen molar-refractivity contribution in [3.63, 3.8) is 0 Å². The summed E-state index contributed by atoms with van der Waals surface area (Å²) >= 11 is 3.19. The Morgan fingerprint density at radius 2 is 1.93 bits per heavy atom.